The summed E-state index contributed by atoms with van der Waals surface area (Å²) in [5.74, 6) is -1.62. The van der Waals surface area contributed by atoms with Crippen molar-refractivity contribution >= 4 is 23.3 Å². The first-order chi connectivity index (χ1) is 9.08. The smallest absolute Gasteiger partial charge is 0.339 e. The molecule has 0 aliphatic rings. The molecule has 0 radical (unpaired) electrons. The number of rotatable bonds is 4. The van der Waals surface area contributed by atoms with Gasteiger partial charge in [0.1, 0.15) is 17.7 Å². The van der Waals surface area contributed by atoms with E-state index in [2.05, 4.69) is 15.3 Å². The number of halogens is 2. The summed E-state index contributed by atoms with van der Waals surface area (Å²) >= 11 is 5.64. The lowest BCUT2D eigenvalue weighted by Gasteiger charge is -2.08. The first-order valence-corrected chi connectivity index (χ1v) is 5.67. The van der Waals surface area contributed by atoms with Gasteiger partial charge in [-0.1, -0.05) is 11.6 Å². The lowest BCUT2D eigenvalue weighted by molar-refractivity contribution is 0.0694. The summed E-state index contributed by atoms with van der Waals surface area (Å²) in [6, 6.07) is 4.14. The summed E-state index contributed by atoms with van der Waals surface area (Å²) in [4.78, 5) is 18.5. The molecule has 2 N–H and O–H groups in total. The van der Waals surface area contributed by atoms with Crippen LogP contribution < -0.4 is 5.32 Å². The van der Waals surface area contributed by atoms with Crippen molar-refractivity contribution in [2.45, 2.75) is 6.54 Å². The molecule has 1 heterocycles. The van der Waals surface area contributed by atoms with E-state index < -0.39 is 11.8 Å². The van der Waals surface area contributed by atoms with Gasteiger partial charge in [-0.25, -0.2) is 19.2 Å². The summed E-state index contributed by atoms with van der Waals surface area (Å²) in [5.41, 5.74) is 0.924. The molecule has 0 bridgehead atoms. The van der Waals surface area contributed by atoms with Crippen molar-refractivity contribution in [3.05, 3.63) is 52.8 Å². The molecule has 19 heavy (non-hydrogen) atoms. The number of nitrogens with zero attached hydrogens (tertiary/aromatic N) is 2. The monoisotopic (exact) mass is 281 g/mol. The van der Waals surface area contributed by atoms with Crippen LogP contribution in [-0.4, -0.2) is 21.0 Å². The summed E-state index contributed by atoms with van der Waals surface area (Å²) < 4.78 is 13.0. The lowest BCUT2D eigenvalue weighted by Crippen LogP contribution is -2.10. The molecule has 1 aromatic carbocycles. The van der Waals surface area contributed by atoms with Crippen LogP contribution in [0.1, 0.15) is 16.1 Å². The molecule has 0 amide bonds. The molecule has 0 unspecified atom stereocenters. The summed E-state index contributed by atoms with van der Waals surface area (Å²) in [6.07, 6.45) is 2.49. The largest absolute Gasteiger partial charge is 0.478 e. The number of nitrogens with one attached hydrogen (secondary N) is 1. The highest BCUT2D eigenvalue weighted by molar-refractivity contribution is 6.31. The maximum Gasteiger partial charge on any atom is 0.339 e. The Morgan fingerprint density at radius 1 is 1.47 bits per heavy atom. The molecule has 5 nitrogen and oxygen atoms in total. The number of hydrogen-bond acceptors (Lipinski definition) is 4. The second-order valence-electron chi connectivity index (χ2n) is 3.67. The topological polar surface area (TPSA) is 75.1 Å². The molecule has 7 heteroatoms. The van der Waals surface area contributed by atoms with Crippen molar-refractivity contribution < 1.29 is 14.3 Å². The van der Waals surface area contributed by atoms with E-state index in [4.69, 9.17) is 16.7 Å². The fraction of sp³-hybridized carbons (Fsp3) is 0.0833. The SMILES string of the molecule is O=C(O)c1cncnc1CNc1ccc(F)c(Cl)c1. The van der Waals surface area contributed by atoms with E-state index in [1.165, 1.54) is 30.7 Å². The molecule has 1 aromatic heterocycles. The van der Waals surface area contributed by atoms with Crippen molar-refractivity contribution in [2.24, 2.45) is 0 Å². The Balaban J connectivity index is 2.14. The maximum atomic E-state index is 13.0. The molecule has 0 spiro atoms. The Morgan fingerprint density at radius 2 is 2.26 bits per heavy atom. The van der Waals surface area contributed by atoms with Gasteiger partial charge in [0.15, 0.2) is 0 Å². The minimum absolute atomic E-state index is 0.00820. The molecule has 0 aliphatic heterocycles. The minimum atomic E-state index is -1.10. The Morgan fingerprint density at radius 3 is 2.95 bits per heavy atom. The minimum Gasteiger partial charge on any atom is -0.478 e. The maximum absolute atomic E-state index is 13.0. The highest BCUT2D eigenvalue weighted by Gasteiger charge is 2.11. The molecule has 2 aromatic rings. The second-order valence-corrected chi connectivity index (χ2v) is 4.08. The van der Waals surface area contributed by atoms with Crippen LogP contribution in [0.2, 0.25) is 5.02 Å². The number of benzene rings is 1. The predicted molar refractivity (Wildman–Crippen MR) is 67.7 cm³/mol. The third kappa shape index (κ3) is 3.17. The van der Waals surface area contributed by atoms with Crippen LogP contribution >= 0.6 is 11.6 Å². The van der Waals surface area contributed by atoms with Crippen molar-refractivity contribution in [3.8, 4) is 0 Å². The van der Waals surface area contributed by atoms with Gasteiger partial charge in [-0.3, -0.25) is 0 Å². The van der Waals surface area contributed by atoms with Crippen LogP contribution in [0.5, 0.6) is 0 Å². The standard InChI is InChI=1S/C12H9ClFN3O2/c13-9-3-7(1-2-10(9)14)16-5-11-8(12(18)19)4-15-6-17-11/h1-4,6,16H,5H2,(H,18,19). The van der Waals surface area contributed by atoms with Crippen LogP contribution in [-0.2, 0) is 6.54 Å². The summed E-state index contributed by atoms with van der Waals surface area (Å²) in [5, 5.41) is 11.9. The van der Waals surface area contributed by atoms with Crippen LogP contribution in [0.3, 0.4) is 0 Å². The van der Waals surface area contributed by atoms with Crippen molar-refractivity contribution in [1.82, 2.24) is 9.97 Å². The molecular weight excluding hydrogens is 273 g/mol. The fourth-order valence-corrected chi connectivity index (χ4v) is 1.65. The van der Waals surface area contributed by atoms with E-state index in [1.807, 2.05) is 0 Å². The number of carboxylic acid groups (broad SMARTS) is 1. The third-order valence-corrected chi connectivity index (χ3v) is 2.69. The molecular formula is C12H9ClFN3O2. The lowest BCUT2D eigenvalue weighted by atomic mass is 10.2. The Labute approximate surface area is 113 Å². The quantitative estimate of drug-likeness (QED) is 0.901. The summed E-state index contributed by atoms with van der Waals surface area (Å²) in [6.45, 7) is 0.173. The molecule has 0 saturated carbocycles. The number of hydrogen-bond donors (Lipinski definition) is 2. The van der Waals surface area contributed by atoms with Crippen molar-refractivity contribution in [2.75, 3.05) is 5.32 Å². The van der Waals surface area contributed by atoms with Gasteiger partial charge in [0.2, 0.25) is 0 Å². The number of carbonyl (C=O) groups is 1. The van der Waals surface area contributed by atoms with Crippen LogP contribution in [0.15, 0.2) is 30.7 Å². The third-order valence-electron chi connectivity index (χ3n) is 2.40. The molecule has 2 rings (SSSR count). The molecule has 98 valence electrons. The van der Waals surface area contributed by atoms with Gasteiger partial charge in [-0.05, 0) is 18.2 Å². The highest BCUT2D eigenvalue weighted by Crippen LogP contribution is 2.20. The van der Waals surface area contributed by atoms with E-state index in [0.717, 1.165) is 0 Å². The fourth-order valence-electron chi connectivity index (χ4n) is 1.47. The van der Waals surface area contributed by atoms with Crippen LogP contribution in [0, 0.1) is 5.82 Å². The van der Waals surface area contributed by atoms with Gasteiger partial charge in [0.25, 0.3) is 0 Å². The predicted octanol–water partition coefficient (Wildman–Crippen LogP) is 2.58. The van der Waals surface area contributed by atoms with Gasteiger partial charge in [-0.15, -0.1) is 0 Å². The number of aromatic nitrogens is 2. The van der Waals surface area contributed by atoms with E-state index in [1.54, 1.807) is 0 Å². The number of anilines is 1. The Kier molecular flexibility index (Phi) is 3.91. The Bertz CT molecular complexity index is 622. The van der Waals surface area contributed by atoms with E-state index in [0.29, 0.717) is 11.4 Å². The normalized spacial score (nSPS) is 10.2. The molecule has 0 saturated heterocycles. The van der Waals surface area contributed by atoms with E-state index in [9.17, 15) is 9.18 Å². The van der Waals surface area contributed by atoms with Gasteiger partial charge in [-0.2, -0.15) is 0 Å². The van der Waals surface area contributed by atoms with Gasteiger partial charge in [0.05, 0.1) is 17.3 Å². The van der Waals surface area contributed by atoms with Crippen molar-refractivity contribution in [3.63, 3.8) is 0 Å². The first kappa shape index (κ1) is 13.2. The number of carboxylic acids is 1. The van der Waals surface area contributed by atoms with Crippen LogP contribution in [0.25, 0.3) is 0 Å². The molecule has 0 aliphatic carbocycles. The average molecular weight is 282 g/mol. The van der Waals surface area contributed by atoms with Crippen molar-refractivity contribution in [1.29, 1.82) is 0 Å². The zero-order valence-corrected chi connectivity index (χ0v) is 10.4. The zero-order chi connectivity index (χ0) is 13.8. The average Bonchev–Trinajstić information content (AvgIpc) is 2.40. The molecule has 0 atom stereocenters. The highest BCUT2D eigenvalue weighted by atomic mass is 35.5. The second kappa shape index (κ2) is 5.62. The van der Waals surface area contributed by atoms with Crippen LogP contribution in [0.4, 0.5) is 10.1 Å². The summed E-state index contributed by atoms with van der Waals surface area (Å²) in [7, 11) is 0. The van der Waals surface area contributed by atoms with E-state index in [-0.39, 0.29) is 17.1 Å². The number of aromatic carboxylic acids is 1. The zero-order valence-electron chi connectivity index (χ0n) is 9.60. The Hall–Kier alpha value is -2.21. The van der Waals surface area contributed by atoms with Gasteiger partial charge >= 0.3 is 5.97 Å². The van der Waals surface area contributed by atoms with Gasteiger partial charge < -0.3 is 10.4 Å². The molecule has 0 fully saturated rings. The van der Waals surface area contributed by atoms with E-state index >= 15 is 0 Å². The van der Waals surface area contributed by atoms with Gasteiger partial charge in [0, 0.05) is 11.9 Å². The first-order valence-electron chi connectivity index (χ1n) is 5.29.